The summed E-state index contributed by atoms with van der Waals surface area (Å²) in [5.41, 5.74) is 8.58. The number of nitrogen functional groups attached to an aromatic ring is 1. The van der Waals surface area contributed by atoms with E-state index in [1.54, 1.807) is 24.3 Å². The number of benzene rings is 2. The van der Waals surface area contributed by atoms with Crippen LogP contribution in [-0.2, 0) is 0 Å². The first-order chi connectivity index (χ1) is 8.00. The van der Waals surface area contributed by atoms with Crippen LogP contribution >= 0.6 is 27.5 Å². The summed E-state index contributed by atoms with van der Waals surface area (Å²) in [4.78, 5) is 0. The Labute approximate surface area is 113 Å². The quantitative estimate of drug-likeness (QED) is 0.594. The van der Waals surface area contributed by atoms with E-state index in [1.807, 2.05) is 13.0 Å². The van der Waals surface area contributed by atoms with Crippen molar-refractivity contribution in [3.05, 3.63) is 51.2 Å². The molecule has 4 heteroatoms. The van der Waals surface area contributed by atoms with Crippen molar-refractivity contribution in [2.45, 2.75) is 6.92 Å². The molecule has 0 aliphatic heterocycles. The summed E-state index contributed by atoms with van der Waals surface area (Å²) in [6, 6.07) is 8.81. The minimum atomic E-state index is -0.426. The van der Waals surface area contributed by atoms with Gasteiger partial charge in [0.2, 0.25) is 0 Å². The molecular formula is C13H10BrClFN. The van der Waals surface area contributed by atoms with Crippen LogP contribution in [0.2, 0.25) is 5.02 Å². The second kappa shape index (κ2) is 4.67. The van der Waals surface area contributed by atoms with E-state index in [1.165, 1.54) is 0 Å². The van der Waals surface area contributed by atoms with Gasteiger partial charge in [0.15, 0.2) is 5.82 Å². The summed E-state index contributed by atoms with van der Waals surface area (Å²) >= 11 is 9.04. The Morgan fingerprint density at radius 2 is 1.94 bits per heavy atom. The molecular weight excluding hydrogens is 305 g/mol. The van der Waals surface area contributed by atoms with Crippen LogP contribution in [0.15, 0.2) is 34.8 Å². The highest BCUT2D eigenvalue weighted by atomic mass is 79.9. The predicted molar refractivity (Wildman–Crippen MR) is 73.7 cm³/mol. The summed E-state index contributed by atoms with van der Waals surface area (Å²) in [6.07, 6.45) is 0. The lowest BCUT2D eigenvalue weighted by Crippen LogP contribution is -1.91. The second-order valence-electron chi connectivity index (χ2n) is 3.79. The van der Waals surface area contributed by atoms with Crippen LogP contribution in [0, 0.1) is 12.7 Å². The molecule has 0 saturated carbocycles. The second-order valence-corrected chi connectivity index (χ2v) is 5.03. The van der Waals surface area contributed by atoms with E-state index in [0.29, 0.717) is 15.7 Å². The highest BCUT2D eigenvalue weighted by molar-refractivity contribution is 9.10. The molecule has 0 bridgehead atoms. The highest BCUT2D eigenvalue weighted by Gasteiger charge is 2.12. The number of hydrogen-bond donors (Lipinski definition) is 1. The SMILES string of the molecule is Cc1cc(-c2ccc(Br)c(Cl)c2F)ccc1N. The maximum absolute atomic E-state index is 14.0. The smallest absolute Gasteiger partial charge is 0.150 e. The molecule has 0 spiro atoms. The van der Waals surface area contributed by atoms with Gasteiger partial charge < -0.3 is 5.73 Å². The molecule has 0 aliphatic carbocycles. The molecule has 0 unspecified atom stereocenters. The van der Waals surface area contributed by atoms with Crippen LogP contribution in [0.1, 0.15) is 5.56 Å². The Morgan fingerprint density at radius 1 is 1.24 bits per heavy atom. The molecule has 2 aromatic carbocycles. The zero-order chi connectivity index (χ0) is 12.6. The lowest BCUT2D eigenvalue weighted by molar-refractivity contribution is 0.631. The van der Waals surface area contributed by atoms with Crippen molar-refractivity contribution >= 4 is 33.2 Å². The van der Waals surface area contributed by atoms with Gasteiger partial charge in [0, 0.05) is 15.7 Å². The van der Waals surface area contributed by atoms with Crippen molar-refractivity contribution in [3.8, 4) is 11.1 Å². The number of aryl methyl sites for hydroxylation is 1. The minimum Gasteiger partial charge on any atom is -0.399 e. The molecule has 0 fully saturated rings. The van der Waals surface area contributed by atoms with Gasteiger partial charge in [-0.3, -0.25) is 0 Å². The van der Waals surface area contributed by atoms with Gasteiger partial charge in [0.1, 0.15) is 0 Å². The summed E-state index contributed by atoms with van der Waals surface area (Å²) in [5, 5.41) is 0.0944. The van der Waals surface area contributed by atoms with Crippen LogP contribution in [0.4, 0.5) is 10.1 Å². The molecule has 0 amide bonds. The van der Waals surface area contributed by atoms with Crippen LogP contribution in [-0.4, -0.2) is 0 Å². The number of hydrogen-bond acceptors (Lipinski definition) is 1. The third-order valence-corrected chi connectivity index (χ3v) is 3.87. The van der Waals surface area contributed by atoms with Crippen molar-refractivity contribution in [2.75, 3.05) is 5.73 Å². The number of rotatable bonds is 1. The topological polar surface area (TPSA) is 26.0 Å². The van der Waals surface area contributed by atoms with Crippen LogP contribution < -0.4 is 5.73 Å². The molecule has 0 radical (unpaired) electrons. The molecule has 1 nitrogen and oxygen atoms in total. The predicted octanol–water partition coefficient (Wildman–Crippen LogP) is 4.80. The zero-order valence-electron chi connectivity index (χ0n) is 9.10. The first kappa shape index (κ1) is 12.4. The third kappa shape index (κ3) is 2.31. The molecule has 17 heavy (non-hydrogen) atoms. The highest BCUT2D eigenvalue weighted by Crippen LogP contribution is 2.33. The standard InChI is InChI=1S/C13H10BrClFN/c1-7-6-8(2-5-11(7)17)9-3-4-10(14)12(15)13(9)16/h2-6H,17H2,1H3. The zero-order valence-corrected chi connectivity index (χ0v) is 11.4. The average Bonchev–Trinajstić information content (AvgIpc) is 2.30. The van der Waals surface area contributed by atoms with Crippen molar-refractivity contribution in [1.29, 1.82) is 0 Å². The van der Waals surface area contributed by atoms with Crippen molar-refractivity contribution < 1.29 is 4.39 Å². The maximum atomic E-state index is 14.0. The Hall–Kier alpha value is -1.06. The molecule has 2 aromatic rings. The van der Waals surface area contributed by atoms with Gasteiger partial charge in [-0.2, -0.15) is 0 Å². The number of anilines is 1. The first-order valence-electron chi connectivity index (χ1n) is 5.00. The fraction of sp³-hybridized carbons (Fsp3) is 0.0769. The largest absolute Gasteiger partial charge is 0.399 e. The van der Waals surface area contributed by atoms with Crippen LogP contribution in [0.25, 0.3) is 11.1 Å². The summed E-state index contributed by atoms with van der Waals surface area (Å²) in [5.74, 6) is -0.426. The minimum absolute atomic E-state index is 0.0944. The molecule has 2 rings (SSSR count). The van der Waals surface area contributed by atoms with Crippen molar-refractivity contribution in [1.82, 2.24) is 0 Å². The third-order valence-electron chi connectivity index (χ3n) is 2.62. The Kier molecular flexibility index (Phi) is 3.40. The van der Waals surface area contributed by atoms with E-state index >= 15 is 0 Å². The maximum Gasteiger partial charge on any atom is 0.150 e. The van der Waals surface area contributed by atoms with E-state index in [0.717, 1.165) is 11.1 Å². The van der Waals surface area contributed by atoms with Crippen molar-refractivity contribution in [3.63, 3.8) is 0 Å². The van der Waals surface area contributed by atoms with Gasteiger partial charge in [-0.25, -0.2) is 4.39 Å². The van der Waals surface area contributed by atoms with Crippen molar-refractivity contribution in [2.24, 2.45) is 0 Å². The van der Waals surface area contributed by atoms with E-state index in [2.05, 4.69) is 15.9 Å². The molecule has 0 atom stereocenters. The van der Waals surface area contributed by atoms with Gasteiger partial charge >= 0.3 is 0 Å². The first-order valence-corrected chi connectivity index (χ1v) is 6.18. The fourth-order valence-electron chi connectivity index (χ4n) is 1.59. The van der Waals surface area contributed by atoms with E-state index in [4.69, 9.17) is 17.3 Å². The molecule has 0 aromatic heterocycles. The Morgan fingerprint density at radius 3 is 2.59 bits per heavy atom. The Balaban J connectivity index is 2.61. The van der Waals surface area contributed by atoms with E-state index < -0.39 is 5.82 Å². The summed E-state index contributed by atoms with van der Waals surface area (Å²) in [7, 11) is 0. The molecule has 0 heterocycles. The number of nitrogens with two attached hydrogens (primary N) is 1. The lowest BCUT2D eigenvalue weighted by atomic mass is 10.0. The molecule has 0 aliphatic rings. The van der Waals surface area contributed by atoms with Crippen LogP contribution in [0.5, 0.6) is 0 Å². The van der Waals surface area contributed by atoms with E-state index in [-0.39, 0.29) is 5.02 Å². The van der Waals surface area contributed by atoms with Gasteiger partial charge in [-0.15, -0.1) is 0 Å². The molecule has 88 valence electrons. The van der Waals surface area contributed by atoms with Gasteiger partial charge in [-0.05, 0) is 52.2 Å². The molecule has 0 saturated heterocycles. The number of halogens is 3. The van der Waals surface area contributed by atoms with Gasteiger partial charge in [-0.1, -0.05) is 23.7 Å². The lowest BCUT2D eigenvalue weighted by Gasteiger charge is -2.08. The average molecular weight is 315 g/mol. The summed E-state index contributed by atoms with van der Waals surface area (Å²) < 4.78 is 14.5. The van der Waals surface area contributed by atoms with Gasteiger partial charge in [0.25, 0.3) is 0 Å². The van der Waals surface area contributed by atoms with Crippen LogP contribution in [0.3, 0.4) is 0 Å². The summed E-state index contributed by atoms with van der Waals surface area (Å²) in [6.45, 7) is 1.89. The van der Waals surface area contributed by atoms with E-state index in [9.17, 15) is 4.39 Å². The normalized spacial score (nSPS) is 10.6. The molecule has 2 N–H and O–H groups in total. The van der Waals surface area contributed by atoms with Gasteiger partial charge in [0.05, 0.1) is 5.02 Å². The monoisotopic (exact) mass is 313 g/mol. The fourth-order valence-corrected chi connectivity index (χ4v) is 2.06. The Bertz CT molecular complexity index is 584.